The van der Waals surface area contributed by atoms with E-state index in [9.17, 15) is 22.3 Å². The summed E-state index contributed by atoms with van der Waals surface area (Å²) < 4.78 is 62.0. The number of benzene rings is 2. The van der Waals surface area contributed by atoms with E-state index in [1.54, 1.807) is 36.7 Å². The van der Waals surface area contributed by atoms with Gasteiger partial charge in [0.25, 0.3) is 5.92 Å². The molecule has 0 amide bonds. The van der Waals surface area contributed by atoms with Crippen molar-refractivity contribution in [2.24, 2.45) is 0 Å². The van der Waals surface area contributed by atoms with Gasteiger partial charge in [-0.25, -0.2) is 37.1 Å². The van der Waals surface area contributed by atoms with Crippen molar-refractivity contribution in [1.29, 1.82) is 0 Å². The lowest BCUT2D eigenvalue weighted by molar-refractivity contribution is -0.00831. The molecule has 1 unspecified atom stereocenters. The Hall–Kier alpha value is -3.85. The van der Waals surface area contributed by atoms with E-state index in [1.165, 1.54) is 48.9 Å². The number of alkyl halides is 2. The quantitative estimate of drug-likeness (QED) is 0.262. The molecule has 5 rings (SSSR count). The average Bonchev–Trinajstić information content (AvgIpc) is 3.03. The largest absolute Gasteiger partial charge is 0.497 e. The Morgan fingerprint density at radius 3 is 2.52 bits per heavy atom. The van der Waals surface area contributed by atoms with E-state index in [0.717, 1.165) is 0 Å². The number of nitrogens with one attached hydrogen (secondary N) is 1. The molecule has 0 radical (unpaired) electrons. The van der Waals surface area contributed by atoms with Gasteiger partial charge in [0.1, 0.15) is 29.6 Å². The summed E-state index contributed by atoms with van der Waals surface area (Å²) in [5, 5.41) is 14.3. The average molecular weight is 600 g/mol. The molecule has 4 aromatic rings. The summed E-state index contributed by atoms with van der Waals surface area (Å²) in [5.41, 5.74) is 1.48. The number of aliphatic hydroxyl groups is 1. The second kappa shape index (κ2) is 12.2. The number of rotatable bonds is 10. The number of nitrogens with zero attached hydrogens (tertiary/aromatic N) is 6. The molecule has 222 valence electrons. The number of hydrogen-bond acceptors (Lipinski definition) is 10. The van der Waals surface area contributed by atoms with E-state index >= 15 is 0 Å². The Bertz CT molecular complexity index is 1630. The summed E-state index contributed by atoms with van der Waals surface area (Å²) in [6, 6.07) is 10.9. The van der Waals surface area contributed by atoms with Crippen molar-refractivity contribution < 1.29 is 27.0 Å². The highest BCUT2D eigenvalue weighted by atomic mass is 32.2. The molecule has 3 heterocycles. The first-order chi connectivity index (χ1) is 20.1. The summed E-state index contributed by atoms with van der Waals surface area (Å²) in [5.74, 6) is -1.93. The molecule has 2 aromatic carbocycles. The summed E-state index contributed by atoms with van der Waals surface area (Å²) in [7, 11) is -2.53. The van der Waals surface area contributed by atoms with Gasteiger partial charge in [-0.3, -0.25) is 5.32 Å². The normalized spacial score (nSPS) is 17.4. The standard InChI is InChI=1S/C28H31F2N7O4S/c1-3-28(29,30)20-6-4-19(5-7-20)14-33-27(38)24-17-36(25-16-32-23-15-31-18-34-26(23)35-25)12-13-37(24)42(39,40)22-10-8-21(41-2)9-11-22/h4-11,15-16,18,24,27,33,38H,3,12-14,17H2,1-2H3/t24-,27?/m1/s1. The zero-order valence-corrected chi connectivity index (χ0v) is 23.9. The monoisotopic (exact) mass is 599 g/mol. The van der Waals surface area contributed by atoms with Crippen LogP contribution < -0.4 is 15.0 Å². The van der Waals surface area contributed by atoms with Gasteiger partial charge in [0.15, 0.2) is 5.65 Å². The summed E-state index contributed by atoms with van der Waals surface area (Å²) in [6.45, 7) is 1.98. The smallest absolute Gasteiger partial charge is 0.273 e. The SMILES string of the molecule is CCC(F)(F)c1ccc(CNC(O)[C@H]2CN(c3cnc4cncnc4n3)CCN2S(=O)(=O)c2ccc(OC)cc2)cc1. The van der Waals surface area contributed by atoms with E-state index in [1.807, 2.05) is 4.90 Å². The van der Waals surface area contributed by atoms with Crippen LogP contribution in [0.25, 0.3) is 11.2 Å². The van der Waals surface area contributed by atoms with Gasteiger partial charge < -0.3 is 14.7 Å². The van der Waals surface area contributed by atoms with Gasteiger partial charge in [-0.2, -0.15) is 4.31 Å². The number of aliphatic hydroxyl groups excluding tert-OH is 1. The van der Waals surface area contributed by atoms with Gasteiger partial charge in [0, 0.05) is 38.2 Å². The van der Waals surface area contributed by atoms with Crippen LogP contribution in [0.4, 0.5) is 14.6 Å². The highest BCUT2D eigenvalue weighted by Gasteiger charge is 2.40. The molecular formula is C28H31F2N7O4S. The highest BCUT2D eigenvalue weighted by molar-refractivity contribution is 7.89. The molecule has 42 heavy (non-hydrogen) atoms. The molecule has 1 saturated heterocycles. The Labute approximate surface area is 242 Å². The minimum atomic E-state index is -4.02. The minimum Gasteiger partial charge on any atom is -0.497 e. The summed E-state index contributed by atoms with van der Waals surface area (Å²) in [6.07, 6.45) is 2.85. The third-order valence-electron chi connectivity index (χ3n) is 7.27. The van der Waals surface area contributed by atoms with Crippen LogP contribution in [0.15, 0.2) is 72.1 Å². The van der Waals surface area contributed by atoms with Gasteiger partial charge >= 0.3 is 0 Å². The van der Waals surface area contributed by atoms with Crippen molar-refractivity contribution in [1.82, 2.24) is 29.6 Å². The van der Waals surface area contributed by atoms with E-state index in [4.69, 9.17) is 4.74 Å². The van der Waals surface area contributed by atoms with Crippen LogP contribution in [0.3, 0.4) is 0 Å². The molecule has 0 saturated carbocycles. The van der Waals surface area contributed by atoms with Crippen molar-refractivity contribution in [3.8, 4) is 5.75 Å². The Balaban J connectivity index is 1.39. The van der Waals surface area contributed by atoms with Crippen LogP contribution in [0.2, 0.25) is 0 Å². The topological polar surface area (TPSA) is 134 Å². The van der Waals surface area contributed by atoms with Gasteiger partial charge in [0.05, 0.1) is 30.4 Å². The first-order valence-corrected chi connectivity index (χ1v) is 14.8. The van der Waals surface area contributed by atoms with Crippen LogP contribution in [0.1, 0.15) is 24.5 Å². The van der Waals surface area contributed by atoms with Crippen molar-refractivity contribution in [3.05, 3.63) is 78.4 Å². The fraction of sp³-hybridized carbons (Fsp3) is 0.357. The van der Waals surface area contributed by atoms with Crippen LogP contribution in [0.5, 0.6) is 5.75 Å². The van der Waals surface area contributed by atoms with Crippen molar-refractivity contribution in [2.75, 3.05) is 31.6 Å². The van der Waals surface area contributed by atoms with Gasteiger partial charge in [-0.15, -0.1) is 0 Å². The Morgan fingerprint density at radius 2 is 1.83 bits per heavy atom. The molecular weight excluding hydrogens is 568 g/mol. The zero-order valence-electron chi connectivity index (χ0n) is 23.1. The first-order valence-electron chi connectivity index (χ1n) is 13.3. The zero-order chi connectivity index (χ0) is 29.9. The third-order valence-corrected chi connectivity index (χ3v) is 9.21. The molecule has 1 aliphatic heterocycles. The number of hydrogen-bond donors (Lipinski definition) is 2. The lowest BCUT2D eigenvalue weighted by Crippen LogP contribution is -2.62. The van der Waals surface area contributed by atoms with Gasteiger partial charge in [-0.1, -0.05) is 31.2 Å². The lowest BCUT2D eigenvalue weighted by Gasteiger charge is -2.42. The number of sulfonamides is 1. The number of ether oxygens (including phenoxy) is 1. The number of piperazine rings is 1. The molecule has 0 spiro atoms. The molecule has 1 fully saturated rings. The van der Waals surface area contributed by atoms with Crippen molar-refractivity contribution in [2.45, 2.75) is 43.0 Å². The molecule has 2 atom stereocenters. The van der Waals surface area contributed by atoms with E-state index in [2.05, 4.69) is 25.3 Å². The number of anilines is 1. The maximum absolute atomic E-state index is 14.0. The van der Waals surface area contributed by atoms with Crippen LogP contribution in [-0.4, -0.2) is 76.8 Å². The van der Waals surface area contributed by atoms with Crippen LogP contribution in [-0.2, 0) is 22.5 Å². The van der Waals surface area contributed by atoms with Crippen molar-refractivity contribution >= 4 is 27.0 Å². The first kappa shape index (κ1) is 29.6. The Morgan fingerprint density at radius 1 is 1.10 bits per heavy atom. The van der Waals surface area contributed by atoms with E-state index < -0.39 is 28.2 Å². The highest BCUT2D eigenvalue weighted by Crippen LogP contribution is 2.31. The fourth-order valence-electron chi connectivity index (χ4n) is 4.78. The molecule has 2 aromatic heterocycles. The fourth-order valence-corrected chi connectivity index (χ4v) is 6.39. The summed E-state index contributed by atoms with van der Waals surface area (Å²) in [4.78, 5) is 18.9. The van der Waals surface area contributed by atoms with E-state index in [0.29, 0.717) is 28.3 Å². The third kappa shape index (κ3) is 6.16. The maximum Gasteiger partial charge on any atom is 0.273 e. The minimum absolute atomic E-state index is 0.0576. The van der Waals surface area contributed by atoms with Crippen LogP contribution >= 0.6 is 0 Å². The second-order valence-electron chi connectivity index (χ2n) is 9.85. The molecule has 0 aliphatic carbocycles. The number of halogens is 2. The van der Waals surface area contributed by atoms with Gasteiger partial charge in [0.2, 0.25) is 10.0 Å². The molecule has 0 bridgehead atoms. The molecule has 2 N–H and O–H groups in total. The Kier molecular flexibility index (Phi) is 8.59. The molecule has 11 nitrogen and oxygen atoms in total. The number of fused-ring (bicyclic) bond motifs is 1. The summed E-state index contributed by atoms with van der Waals surface area (Å²) >= 11 is 0. The molecule has 1 aliphatic rings. The van der Waals surface area contributed by atoms with Gasteiger partial charge in [-0.05, 0) is 29.8 Å². The van der Waals surface area contributed by atoms with Crippen molar-refractivity contribution in [3.63, 3.8) is 0 Å². The second-order valence-corrected chi connectivity index (χ2v) is 11.7. The number of methoxy groups -OCH3 is 1. The van der Waals surface area contributed by atoms with Crippen LogP contribution in [0, 0.1) is 0 Å². The predicted molar refractivity (Wildman–Crippen MR) is 151 cm³/mol. The number of aromatic nitrogens is 4. The molecule has 14 heteroatoms. The maximum atomic E-state index is 14.0. The van der Waals surface area contributed by atoms with E-state index in [-0.39, 0.29) is 43.1 Å². The lowest BCUT2D eigenvalue weighted by atomic mass is 10.0. The predicted octanol–water partition coefficient (Wildman–Crippen LogP) is 2.92.